The monoisotopic (exact) mass is 448 g/mol. The van der Waals surface area contributed by atoms with Crippen molar-refractivity contribution in [3.63, 3.8) is 0 Å². The number of ether oxygens (including phenoxy) is 2. The molecule has 10 heteroatoms. The molecule has 9 nitrogen and oxygen atoms in total. The number of nitrogens with one attached hydrogen (secondary N) is 1. The van der Waals surface area contributed by atoms with Crippen LogP contribution < -0.4 is 5.32 Å². The Labute approximate surface area is 185 Å². The summed E-state index contributed by atoms with van der Waals surface area (Å²) in [6.07, 6.45) is 4.91. The van der Waals surface area contributed by atoms with Gasteiger partial charge in [0, 0.05) is 33.8 Å². The third-order valence-electron chi connectivity index (χ3n) is 5.06. The van der Waals surface area contributed by atoms with Crippen molar-refractivity contribution in [1.82, 2.24) is 24.6 Å². The lowest BCUT2D eigenvalue weighted by molar-refractivity contribution is 0.0206. The molecule has 1 aliphatic rings. The molecule has 1 saturated heterocycles. The van der Waals surface area contributed by atoms with Crippen LogP contribution >= 0.6 is 0 Å². The van der Waals surface area contributed by atoms with E-state index in [4.69, 9.17) is 9.47 Å². The normalized spacial score (nSPS) is 17.7. The van der Waals surface area contributed by atoms with Crippen LogP contribution in [0.5, 0.6) is 0 Å². The Bertz CT molecular complexity index is 889. The average Bonchev–Trinajstić information content (AvgIpc) is 3.08. The standard InChI is InChI=1S/C21H36N6O3Si/c1-21(2,3)30-20(28)26-9-7-8-16(13-26)25-18-17-12-24-27(19(17)23-14-22-18)15-29-10-11-31(4,5)6/h12,14,16H,7-11,13,15H2,1-6H3,(H,22,23,25)/t16-/m0/s1. The number of hydrogen-bond acceptors (Lipinski definition) is 7. The van der Waals surface area contributed by atoms with E-state index >= 15 is 0 Å². The molecular weight excluding hydrogens is 412 g/mol. The van der Waals surface area contributed by atoms with Crippen LogP contribution in [0.15, 0.2) is 12.5 Å². The maximum absolute atomic E-state index is 12.4. The van der Waals surface area contributed by atoms with Gasteiger partial charge in [-0.3, -0.25) is 0 Å². The van der Waals surface area contributed by atoms with Gasteiger partial charge in [-0.1, -0.05) is 19.6 Å². The van der Waals surface area contributed by atoms with Gasteiger partial charge in [0.15, 0.2) is 5.65 Å². The Balaban J connectivity index is 1.63. The van der Waals surface area contributed by atoms with Crippen LogP contribution in [0.2, 0.25) is 25.7 Å². The van der Waals surface area contributed by atoms with E-state index in [9.17, 15) is 4.79 Å². The minimum atomic E-state index is -1.12. The molecule has 0 bridgehead atoms. The molecule has 2 aromatic heterocycles. The van der Waals surface area contributed by atoms with E-state index in [-0.39, 0.29) is 12.1 Å². The highest BCUT2D eigenvalue weighted by Gasteiger charge is 2.28. The summed E-state index contributed by atoms with van der Waals surface area (Å²) in [5.41, 5.74) is 0.243. The first-order chi connectivity index (χ1) is 14.5. The lowest BCUT2D eigenvalue weighted by atomic mass is 10.1. The lowest BCUT2D eigenvalue weighted by Crippen LogP contribution is -2.47. The lowest BCUT2D eigenvalue weighted by Gasteiger charge is -2.34. The zero-order valence-electron chi connectivity index (χ0n) is 19.6. The van der Waals surface area contributed by atoms with E-state index in [2.05, 4.69) is 40.0 Å². The molecule has 0 radical (unpaired) electrons. The largest absolute Gasteiger partial charge is 0.444 e. The molecule has 1 fully saturated rings. The Morgan fingerprint density at radius 3 is 2.77 bits per heavy atom. The van der Waals surface area contributed by atoms with Gasteiger partial charge in [0.2, 0.25) is 0 Å². The zero-order chi connectivity index (χ0) is 22.6. The van der Waals surface area contributed by atoms with Gasteiger partial charge in [0.25, 0.3) is 0 Å². The van der Waals surface area contributed by atoms with Gasteiger partial charge < -0.3 is 19.7 Å². The summed E-state index contributed by atoms with van der Waals surface area (Å²) in [7, 11) is -1.12. The maximum Gasteiger partial charge on any atom is 0.410 e. The summed E-state index contributed by atoms with van der Waals surface area (Å²) in [6.45, 7) is 15.0. The summed E-state index contributed by atoms with van der Waals surface area (Å²) in [5.74, 6) is 0.731. The Kier molecular flexibility index (Phi) is 7.20. The predicted octanol–water partition coefficient (Wildman–Crippen LogP) is 3.95. The second-order valence-corrected chi connectivity index (χ2v) is 16.0. The van der Waals surface area contributed by atoms with E-state index in [1.165, 1.54) is 0 Å². The number of nitrogens with zero attached hydrogens (tertiary/aromatic N) is 5. The summed E-state index contributed by atoms with van der Waals surface area (Å²) >= 11 is 0. The number of hydrogen-bond donors (Lipinski definition) is 1. The first-order valence-corrected chi connectivity index (χ1v) is 14.7. The molecule has 3 rings (SSSR count). The number of carbonyl (C=O) groups is 1. The highest BCUT2D eigenvalue weighted by atomic mass is 28.3. The quantitative estimate of drug-likeness (QED) is 0.506. The van der Waals surface area contributed by atoms with Crippen LogP contribution in [0, 0.1) is 0 Å². The molecule has 0 aliphatic carbocycles. The minimum Gasteiger partial charge on any atom is -0.444 e. The number of fused-ring (bicyclic) bond motifs is 1. The highest BCUT2D eigenvalue weighted by Crippen LogP contribution is 2.23. The van der Waals surface area contributed by atoms with E-state index in [0.717, 1.165) is 42.3 Å². The molecular formula is C21H36N6O3Si. The van der Waals surface area contributed by atoms with Gasteiger partial charge in [-0.2, -0.15) is 5.10 Å². The third-order valence-corrected chi connectivity index (χ3v) is 6.76. The fourth-order valence-electron chi connectivity index (χ4n) is 3.41. The first kappa shape index (κ1) is 23.5. The molecule has 0 spiro atoms. The molecule has 0 aromatic carbocycles. The van der Waals surface area contributed by atoms with Crippen molar-refractivity contribution in [1.29, 1.82) is 0 Å². The van der Waals surface area contributed by atoms with Crippen molar-refractivity contribution in [3.05, 3.63) is 12.5 Å². The van der Waals surface area contributed by atoms with E-state index in [1.807, 2.05) is 20.8 Å². The molecule has 172 valence electrons. The van der Waals surface area contributed by atoms with Gasteiger partial charge in [-0.15, -0.1) is 0 Å². The summed E-state index contributed by atoms with van der Waals surface area (Å²) < 4.78 is 13.1. The fourth-order valence-corrected chi connectivity index (χ4v) is 4.17. The SMILES string of the molecule is CC(C)(C)OC(=O)N1CCC[C@H](Nc2ncnc3c2cnn3COCC[Si](C)(C)C)C1. The number of amides is 1. The van der Waals surface area contributed by atoms with Crippen LogP contribution in [0.4, 0.5) is 10.6 Å². The smallest absolute Gasteiger partial charge is 0.410 e. The van der Waals surface area contributed by atoms with Crippen molar-refractivity contribution < 1.29 is 14.3 Å². The van der Waals surface area contributed by atoms with Gasteiger partial charge in [-0.25, -0.2) is 19.4 Å². The zero-order valence-corrected chi connectivity index (χ0v) is 20.6. The van der Waals surface area contributed by atoms with Crippen LogP contribution in [0.3, 0.4) is 0 Å². The first-order valence-electron chi connectivity index (χ1n) is 11.0. The highest BCUT2D eigenvalue weighted by molar-refractivity contribution is 6.76. The molecule has 1 aliphatic heterocycles. The van der Waals surface area contributed by atoms with Crippen LogP contribution in [-0.2, 0) is 16.2 Å². The Morgan fingerprint density at radius 2 is 2.06 bits per heavy atom. The number of rotatable bonds is 7. The maximum atomic E-state index is 12.4. The molecule has 2 aromatic rings. The number of piperidine rings is 1. The van der Waals surface area contributed by atoms with Crippen molar-refractivity contribution in [3.8, 4) is 0 Å². The minimum absolute atomic E-state index is 0.0933. The van der Waals surface area contributed by atoms with Crippen LogP contribution in [-0.4, -0.2) is 70.2 Å². The Hall–Kier alpha value is -2.20. The Morgan fingerprint density at radius 1 is 1.29 bits per heavy atom. The second-order valence-electron chi connectivity index (χ2n) is 10.4. The van der Waals surface area contributed by atoms with Crippen LogP contribution in [0.1, 0.15) is 33.6 Å². The van der Waals surface area contributed by atoms with Gasteiger partial charge >= 0.3 is 6.09 Å². The van der Waals surface area contributed by atoms with Crippen molar-refractivity contribution in [2.24, 2.45) is 0 Å². The molecule has 1 amide bonds. The van der Waals surface area contributed by atoms with Crippen LogP contribution in [0.25, 0.3) is 11.0 Å². The molecule has 1 atom stereocenters. The van der Waals surface area contributed by atoms with Crippen molar-refractivity contribution in [2.75, 3.05) is 25.0 Å². The number of carbonyl (C=O) groups excluding carboxylic acids is 1. The number of likely N-dealkylation sites (tertiary alicyclic amines) is 1. The van der Waals surface area contributed by atoms with E-state index in [1.54, 1.807) is 22.1 Å². The van der Waals surface area contributed by atoms with E-state index < -0.39 is 13.7 Å². The topological polar surface area (TPSA) is 94.4 Å². The number of aromatic nitrogens is 4. The van der Waals surface area contributed by atoms with Gasteiger partial charge in [-0.05, 0) is 39.7 Å². The van der Waals surface area contributed by atoms with E-state index in [0.29, 0.717) is 19.8 Å². The predicted molar refractivity (Wildman–Crippen MR) is 124 cm³/mol. The molecule has 3 heterocycles. The second kappa shape index (κ2) is 9.52. The van der Waals surface area contributed by atoms with Crippen molar-refractivity contribution >= 4 is 31.0 Å². The third kappa shape index (κ3) is 6.89. The van der Waals surface area contributed by atoms with Gasteiger partial charge in [0.05, 0.1) is 11.6 Å². The molecule has 1 N–H and O–H groups in total. The molecule has 0 saturated carbocycles. The summed E-state index contributed by atoms with van der Waals surface area (Å²) in [4.78, 5) is 23.0. The summed E-state index contributed by atoms with van der Waals surface area (Å²) in [6, 6.07) is 1.21. The van der Waals surface area contributed by atoms with Crippen molar-refractivity contribution in [2.45, 2.75) is 77.7 Å². The fraction of sp³-hybridized carbons (Fsp3) is 0.714. The molecule has 31 heavy (non-hydrogen) atoms. The average molecular weight is 449 g/mol. The summed E-state index contributed by atoms with van der Waals surface area (Å²) in [5, 5.41) is 8.78. The molecule has 0 unspecified atom stereocenters. The number of anilines is 1. The van der Waals surface area contributed by atoms with Gasteiger partial charge in [0.1, 0.15) is 24.5 Å².